The molecule has 0 bridgehead atoms. The summed E-state index contributed by atoms with van der Waals surface area (Å²) in [6.07, 6.45) is 2.28. The van der Waals surface area contributed by atoms with Crippen LogP contribution in [0.4, 0.5) is 5.69 Å². The zero-order chi connectivity index (χ0) is 25.7. The third-order valence-electron chi connectivity index (χ3n) is 5.13. The molecule has 0 saturated carbocycles. The fraction of sp³-hybridized carbons (Fsp3) is 0.154. The zero-order valence-corrected chi connectivity index (χ0v) is 21.4. The van der Waals surface area contributed by atoms with Gasteiger partial charge in [0.15, 0.2) is 17.2 Å². The van der Waals surface area contributed by atoms with E-state index in [0.29, 0.717) is 34.7 Å². The number of rotatable bonds is 9. The summed E-state index contributed by atoms with van der Waals surface area (Å²) in [5.41, 5.74) is 1.78. The van der Waals surface area contributed by atoms with E-state index in [1.807, 2.05) is 37.3 Å². The lowest BCUT2D eigenvalue weighted by Gasteiger charge is -2.15. The third-order valence-corrected chi connectivity index (χ3v) is 6.03. The SMILES string of the molecule is CCOc1cc(/C=C2\N=C(c3ccc(Cl)c([N+](=O)[O-])c3)OC2=O)cc(Br)c1OCCc1ccccc1. The predicted octanol–water partition coefficient (Wildman–Crippen LogP) is 6.38. The van der Waals surface area contributed by atoms with Crippen LogP contribution in [0.3, 0.4) is 0 Å². The van der Waals surface area contributed by atoms with Gasteiger partial charge in [-0.15, -0.1) is 0 Å². The molecule has 1 heterocycles. The number of ether oxygens (including phenoxy) is 3. The Morgan fingerprint density at radius 2 is 1.92 bits per heavy atom. The Kier molecular flexibility index (Phi) is 8.02. The number of aliphatic imine (C=N–C) groups is 1. The summed E-state index contributed by atoms with van der Waals surface area (Å²) in [6, 6.07) is 17.6. The van der Waals surface area contributed by atoms with E-state index in [9.17, 15) is 14.9 Å². The van der Waals surface area contributed by atoms with Crippen molar-refractivity contribution in [1.82, 2.24) is 0 Å². The minimum atomic E-state index is -0.681. The first-order chi connectivity index (χ1) is 17.4. The van der Waals surface area contributed by atoms with Crippen molar-refractivity contribution in [3.05, 3.63) is 103 Å². The molecule has 0 fully saturated rings. The number of esters is 1. The topological polar surface area (TPSA) is 100 Å². The van der Waals surface area contributed by atoms with Crippen LogP contribution in [0.25, 0.3) is 6.08 Å². The van der Waals surface area contributed by atoms with Gasteiger partial charge in [0, 0.05) is 18.1 Å². The van der Waals surface area contributed by atoms with E-state index in [2.05, 4.69) is 20.9 Å². The summed E-state index contributed by atoms with van der Waals surface area (Å²) in [6.45, 7) is 2.74. The molecule has 3 aromatic carbocycles. The maximum absolute atomic E-state index is 12.5. The molecule has 1 aliphatic heterocycles. The lowest BCUT2D eigenvalue weighted by molar-refractivity contribution is -0.384. The fourth-order valence-electron chi connectivity index (χ4n) is 3.47. The molecule has 10 heteroatoms. The molecule has 0 aliphatic carbocycles. The van der Waals surface area contributed by atoms with E-state index >= 15 is 0 Å². The minimum absolute atomic E-state index is 0.0242. The summed E-state index contributed by atoms with van der Waals surface area (Å²) in [7, 11) is 0. The number of hydrogen-bond acceptors (Lipinski definition) is 7. The molecule has 0 spiro atoms. The van der Waals surface area contributed by atoms with E-state index in [4.69, 9.17) is 25.8 Å². The highest BCUT2D eigenvalue weighted by Gasteiger charge is 2.26. The largest absolute Gasteiger partial charge is 0.490 e. The summed E-state index contributed by atoms with van der Waals surface area (Å²) < 4.78 is 17.7. The number of nitro benzene ring substituents is 1. The van der Waals surface area contributed by atoms with Crippen LogP contribution < -0.4 is 9.47 Å². The van der Waals surface area contributed by atoms with Gasteiger partial charge in [-0.05, 0) is 64.3 Å². The molecule has 8 nitrogen and oxygen atoms in total. The second-order valence-electron chi connectivity index (χ2n) is 7.61. The molecule has 0 atom stereocenters. The van der Waals surface area contributed by atoms with E-state index in [1.165, 1.54) is 18.2 Å². The lowest BCUT2D eigenvalue weighted by atomic mass is 10.1. The van der Waals surface area contributed by atoms with Gasteiger partial charge in [0.2, 0.25) is 5.90 Å². The lowest BCUT2D eigenvalue weighted by Crippen LogP contribution is -2.06. The molecule has 0 radical (unpaired) electrons. The van der Waals surface area contributed by atoms with Crippen LogP contribution in [0.5, 0.6) is 11.5 Å². The summed E-state index contributed by atoms with van der Waals surface area (Å²) in [4.78, 5) is 27.2. The Labute approximate surface area is 220 Å². The number of cyclic esters (lactones) is 1. The van der Waals surface area contributed by atoms with Crippen LogP contribution in [0, 0.1) is 10.1 Å². The van der Waals surface area contributed by atoms with Gasteiger partial charge in [-0.2, -0.15) is 0 Å². The van der Waals surface area contributed by atoms with Crippen LogP contribution in [0.1, 0.15) is 23.6 Å². The molecule has 0 unspecified atom stereocenters. The first kappa shape index (κ1) is 25.4. The molecule has 0 amide bonds. The van der Waals surface area contributed by atoms with Crippen LogP contribution in [0.15, 0.2) is 75.8 Å². The van der Waals surface area contributed by atoms with Crippen LogP contribution in [-0.4, -0.2) is 30.0 Å². The van der Waals surface area contributed by atoms with Gasteiger partial charge in [-0.25, -0.2) is 9.79 Å². The van der Waals surface area contributed by atoms with Gasteiger partial charge >= 0.3 is 5.97 Å². The minimum Gasteiger partial charge on any atom is -0.490 e. The normalized spacial score (nSPS) is 13.9. The molecule has 0 N–H and O–H groups in total. The van der Waals surface area contributed by atoms with Gasteiger partial charge in [0.1, 0.15) is 5.02 Å². The molecule has 36 heavy (non-hydrogen) atoms. The molecular weight excluding hydrogens is 552 g/mol. The Hall–Kier alpha value is -3.69. The smallest absolute Gasteiger partial charge is 0.363 e. The second-order valence-corrected chi connectivity index (χ2v) is 8.87. The molecule has 4 rings (SSSR count). The zero-order valence-electron chi connectivity index (χ0n) is 19.1. The van der Waals surface area contributed by atoms with Crippen molar-refractivity contribution in [3.8, 4) is 11.5 Å². The van der Waals surface area contributed by atoms with Crippen LogP contribution in [-0.2, 0) is 16.0 Å². The number of benzene rings is 3. The van der Waals surface area contributed by atoms with Crippen molar-refractivity contribution >= 4 is 51.2 Å². The molecule has 3 aromatic rings. The van der Waals surface area contributed by atoms with Crippen molar-refractivity contribution in [3.63, 3.8) is 0 Å². The molecule has 184 valence electrons. The first-order valence-electron chi connectivity index (χ1n) is 11.0. The van der Waals surface area contributed by atoms with Crippen molar-refractivity contribution in [2.45, 2.75) is 13.3 Å². The summed E-state index contributed by atoms with van der Waals surface area (Å²) in [5.74, 6) is 0.341. The van der Waals surface area contributed by atoms with E-state index in [-0.39, 0.29) is 27.9 Å². The Bertz CT molecular complexity index is 1370. The standard InChI is InChI=1S/C26H20BrClN2O6/c1-2-34-23-14-17(12-19(27)24(23)35-11-10-16-6-4-3-5-7-16)13-21-26(31)36-25(29-21)18-8-9-20(28)22(15-18)30(32)33/h3-9,12-15H,2,10-11H2,1H3/b21-13-. The maximum Gasteiger partial charge on any atom is 0.363 e. The van der Waals surface area contributed by atoms with Crippen LogP contribution >= 0.6 is 27.5 Å². The number of halogens is 2. The average Bonchev–Trinajstić information content (AvgIpc) is 3.21. The number of nitro groups is 1. The van der Waals surface area contributed by atoms with Crippen LogP contribution in [0.2, 0.25) is 5.02 Å². The number of hydrogen-bond donors (Lipinski definition) is 0. The molecule has 1 aliphatic rings. The van der Waals surface area contributed by atoms with Gasteiger partial charge in [-0.1, -0.05) is 41.9 Å². The summed E-state index contributed by atoms with van der Waals surface area (Å²) >= 11 is 9.40. The first-order valence-corrected chi connectivity index (χ1v) is 12.1. The predicted molar refractivity (Wildman–Crippen MR) is 140 cm³/mol. The van der Waals surface area contributed by atoms with Gasteiger partial charge in [-0.3, -0.25) is 10.1 Å². The second kappa shape index (κ2) is 11.4. The van der Waals surface area contributed by atoms with E-state index in [0.717, 1.165) is 12.0 Å². The van der Waals surface area contributed by atoms with E-state index < -0.39 is 10.9 Å². The molecule has 0 saturated heterocycles. The quantitative estimate of drug-likeness (QED) is 0.128. The van der Waals surface area contributed by atoms with Crippen molar-refractivity contribution in [2.75, 3.05) is 13.2 Å². The van der Waals surface area contributed by atoms with Crippen molar-refractivity contribution in [1.29, 1.82) is 0 Å². The number of nitrogens with zero attached hydrogens (tertiary/aromatic N) is 2. The maximum atomic E-state index is 12.5. The Balaban J connectivity index is 1.58. The molecular formula is C26H20BrClN2O6. The number of carbonyl (C=O) groups excluding carboxylic acids is 1. The highest BCUT2D eigenvalue weighted by atomic mass is 79.9. The van der Waals surface area contributed by atoms with Crippen molar-refractivity contribution in [2.24, 2.45) is 4.99 Å². The molecule has 0 aromatic heterocycles. The van der Waals surface area contributed by atoms with Gasteiger partial charge in [0.05, 0.1) is 22.6 Å². The monoisotopic (exact) mass is 570 g/mol. The Morgan fingerprint density at radius 3 is 2.64 bits per heavy atom. The Morgan fingerprint density at radius 1 is 1.14 bits per heavy atom. The third kappa shape index (κ3) is 5.92. The van der Waals surface area contributed by atoms with E-state index in [1.54, 1.807) is 18.2 Å². The number of carbonyl (C=O) groups is 1. The van der Waals surface area contributed by atoms with Gasteiger partial charge < -0.3 is 14.2 Å². The van der Waals surface area contributed by atoms with Gasteiger partial charge in [0.25, 0.3) is 5.69 Å². The highest BCUT2D eigenvalue weighted by Crippen LogP contribution is 2.38. The average molecular weight is 572 g/mol. The fourth-order valence-corrected chi connectivity index (χ4v) is 4.23. The summed E-state index contributed by atoms with van der Waals surface area (Å²) in [5, 5.41) is 11.2. The van der Waals surface area contributed by atoms with Crippen molar-refractivity contribution < 1.29 is 23.9 Å². The highest BCUT2D eigenvalue weighted by molar-refractivity contribution is 9.10.